The van der Waals surface area contributed by atoms with Crippen LogP contribution in [0.25, 0.3) is 0 Å². The second kappa shape index (κ2) is 8.08. The molecule has 1 aliphatic rings. The summed E-state index contributed by atoms with van der Waals surface area (Å²) in [5, 5.41) is 11.4. The molecule has 0 saturated heterocycles. The molecule has 1 aromatic rings. The van der Waals surface area contributed by atoms with E-state index in [0.29, 0.717) is 5.25 Å². The average Bonchev–Trinajstić information content (AvgIpc) is 2.76. The minimum Gasteiger partial charge on any atom is -0.335 e. The van der Waals surface area contributed by atoms with Gasteiger partial charge in [-0.15, -0.1) is 0 Å². The van der Waals surface area contributed by atoms with Crippen LogP contribution in [0.4, 0.5) is 10.5 Å². The van der Waals surface area contributed by atoms with E-state index in [2.05, 4.69) is 36.5 Å². The number of urea groups is 1. The second-order valence-corrected chi connectivity index (χ2v) is 8.20. The van der Waals surface area contributed by atoms with Crippen molar-refractivity contribution in [1.82, 2.24) is 15.1 Å². The number of nitrogens with one attached hydrogen (secondary N) is 2. The van der Waals surface area contributed by atoms with Gasteiger partial charge >= 0.3 is 6.03 Å². The fourth-order valence-corrected chi connectivity index (χ4v) is 4.52. The lowest BCUT2D eigenvalue weighted by Crippen LogP contribution is -2.41. The van der Waals surface area contributed by atoms with E-state index < -0.39 is 0 Å². The second-order valence-electron chi connectivity index (χ2n) is 6.62. The third kappa shape index (κ3) is 4.66. The van der Waals surface area contributed by atoms with Gasteiger partial charge in [0.1, 0.15) is 0 Å². The highest BCUT2D eigenvalue weighted by molar-refractivity contribution is 7.99. The van der Waals surface area contributed by atoms with Gasteiger partial charge in [0.2, 0.25) is 0 Å². The predicted molar refractivity (Wildman–Crippen MR) is 98.4 cm³/mol. The first-order valence-corrected chi connectivity index (χ1v) is 9.72. The molecule has 6 heteroatoms. The van der Waals surface area contributed by atoms with Crippen LogP contribution >= 0.6 is 11.8 Å². The molecule has 2 rings (SSSR count). The van der Waals surface area contributed by atoms with Crippen LogP contribution in [0.3, 0.4) is 0 Å². The van der Waals surface area contributed by atoms with Crippen molar-refractivity contribution in [2.24, 2.45) is 0 Å². The fourth-order valence-electron chi connectivity index (χ4n) is 3.34. The molecule has 130 valence electrons. The lowest BCUT2D eigenvalue weighted by atomic mass is 9.95. The maximum atomic E-state index is 12.4. The number of hydrogen-bond donors (Lipinski definition) is 2. The maximum Gasteiger partial charge on any atom is 0.319 e. The van der Waals surface area contributed by atoms with Crippen LogP contribution in [-0.2, 0) is 0 Å². The van der Waals surface area contributed by atoms with E-state index >= 15 is 0 Å². The molecule has 23 heavy (non-hydrogen) atoms. The Hall–Kier alpha value is -1.17. The van der Waals surface area contributed by atoms with E-state index in [0.717, 1.165) is 35.7 Å². The molecule has 2 N–H and O–H groups in total. The lowest BCUT2D eigenvalue weighted by molar-refractivity contribution is 0.244. The Labute approximate surface area is 144 Å². The number of nitrogens with zero attached hydrogens (tertiary/aromatic N) is 2. The molecular formula is C17H30N4OS. The van der Waals surface area contributed by atoms with Gasteiger partial charge in [-0.1, -0.05) is 13.3 Å². The summed E-state index contributed by atoms with van der Waals surface area (Å²) < 4.78 is 1.96. The van der Waals surface area contributed by atoms with Crippen LogP contribution in [-0.4, -0.2) is 32.9 Å². The van der Waals surface area contributed by atoms with Gasteiger partial charge in [-0.25, -0.2) is 4.79 Å². The van der Waals surface area contributed by atoms with Crippen LogP contribution in [0.1, 0.15) is 63.9 Å². The van der Waals surface area contributed by atoms with Crippen molar-refractivity contribution in [3.8, 4) is 0 Å². The number of carbonyl (C=O) groups excluding carboxylic acids is 1. The van der Waals surface area contributed by atoms with Gasteiger partial charge in [-0.2, -0.15) is 16.9 Å². The van der Waals surface area contributed by atoms with Gasteiger partial charge in [-0.3, -0.25) is 4.68 Å². The summed E-state index contributed by atoms with van der Waals surface area (Å²) in [5.74, 6) is 1.15. The molecule has 1 fully saturated rings. The first-order chi connectivity index (χ1) is 10.9. The molecule has 0 bridgehead atoms. The van der Waals surface area contributed by atoms with Gasteiger partial charge in [0, 0.05) is 17.3 Å². The molecule has 1 heterocycles. The molecule has 0 radical (unpaired) electrons. The Morgan fingerprint density at radius 2 is 2.13 bits per heavy atom. The summed E-state index contributed by atoms with van der Waals surface area (Å²) >= 11 is 2.01. The normalized spacial score (nSPS) is 21.5. The summed E-state index contributed by atoms with van der Waals surface area (Å²) in [6.07, 6.45) is 4.64. The highest BCUT2D eigenvalue weighted by Gasteiger charge is 2.24. The lowest BCUT2D eigenvalue weighted by Gasteiger charge is -2.29. The van der Waals surface area contributed by atoms with E-state index in [1.54, 1.807) is 0 Å². The van der Waals surface area contributed by atoms with E-state index in [1.165, 1.54) is 12.8 Å². The van der Waals surface area contributed by atoms with Crippen LogP contribution in [0.2, 0.25) is 0 Å². The number of amides is 2. The summed E-state index contributed by atoms with van der Waals surface area (Å²) in [5.41, 5.74) is 2.72. The Balaban J connectivity index is 1.95. The molecule has 1 aliphatic carbocycles. The number of hydrogen-bond acceptors (Lipinski definition) is 3. The molecule has 2 atom stereocenters. The maximum absolute atomic E-state index is 12.4. The van der Waals surface area contributed by atoms with Gasteiger partial charge < -0.3 is 10.6 Å². The Bertz CT molecular complexity index is 539. The number of carbonyl (C=O) groups is 1. The molecule has 2 amide bonds. The average molecular weight is 339 g/mol. The molecule has 1 saturated carbocycles. The summed E-state index contributed by atoms with van der Waals surface area (Å²) in [4.78, 5) is 12.4. The Morgan fingerprint density at radius 1 is 1.39 bits per heavy atom. The van der Waals surface area contributed by atoms with Gasteiger partial charge in [0.25, 0.3) is 0 Å². The molecule has 1 aromatic heterocycles. The standard InChI is InChI=1S/C17H30N4OS/c1-6-23-15-9-7-8-14(10-15)18-17(22)19-16-12(4)20-21(11(2)3)13(16)5/h11,14-15H,6-10H2,1-5H3,(H2,18,19,22)/t14-,15-/m0/s1. The number of anilines is 1. The summed E-state index contributed by atoms with van der Waals surface area (Å²) in [6, 6.07) is 0.470. The van der Waals surface area contributed by atoms with Crippen molar-refractivity contribution in [2.75, 3.05) is 11.1 Å². The SMILES string of the molecule is CCS[C@H]1CCC[C@H](NC(=O)Nc2c(C)nn(C(C)C)c2C)C1. The van der Waals surface area contributed by atoms with Crippen LogP contribution in [0.5, 0.6) is 0 Å². The highest BCUT2D eigenvalue weighted by atomic mass is 32.2. The van der Waals surface area contributed by atoms with Crippen molar-refractivity contribution < 1.29 is 4.79 Å². The van der Waals surface area contributed by atoms with Crippen molar-refractivity contribution in [3.63, 3.8) is 0 Å². The van der Waals surface area contributed by atoms with Crippen molar-refractivity contribution in [2.45, 2.75) is 77.6 Å². The first-order valence-electron chi connectivity index (χ1n) is 8.67. The number of aromatic nitrogens is 2. The number of thioether (sulfide) groups is 1. The third-order valence-corrected chi connectivity index (χ3v) is 5.65. The molecule has 0 aromatic carbocycles. The molecule has 0 unspecified atom stereocenters. The van der Waals surface area contributed by atoms with Crippen LogP contribution in [0, 0.1) is 13.8 Å². The molecular weight excluding hydrogens is 308 g/mol. The highest BCUT2D eigenvalue weighted by Crippen LogP contribution is 2.28. The largest absolute Gasteiger partial charge is 0.335 e. The minimum absolute atomic E-state index is 0.105. The topological polar surface area (TPSA) is 59.0 Å². The Kier molecular flexibility index (Phi) is 6.39. The predicted octanol–water partition coefficient (Wildman–Crippen LogP) is 4.27. The third-order valence-electron chi connectivity index (χ3n) is 4.42. The zero-order valence-electron chi connectivity index (χ0n) is 15.0. The van der Waals surface area contributed by atoms with E-state index in [9.17, 15) is 4.79 Å². The quantitative estimate of drug-likeness (QED) is 0.843. The summed E-state index contributed by atoms with van der Waals surface area (Å²) in [7, 11) is 0. The number of rotatable bonds is 5. The minimum atomic E-state index is -0.105. The first kappa shape index (κ1) is 18.2. The number of aryl methyl sites for hydroxylation is 1. The van der Waals surface area contributed by atoms with Crippen LogP contribution < -0.4 is 10.6 Å². The smallest absolute Gasteiger partial charge is 0.319 e. The van der Waals surface area contributed by atoms with Crippen molar-refractivity contribution in [1.29, 1.82) is 0 Å². The van der Waals surface area contributed by atoms with Gasteiger partial charge in [0.15, 0.2) is 0 Å². The zero-order valence-corrected chi connectivity index (χ0v) is 15.8. The van der Waals surface area contributed by atoms with E-state index in [1.807, 2.05) is 30.3 Å². The van der Waals surface area contributed by atoms with Gasteiger partial charge in [0.05, 0.1) is 17.1 Å². The fraction of sp³-hybridized carbons (Fsp3) is 0.765. The Morgan fingerprint density at radius 3 is 2.74 bits per heavy atom. The summed E-state index contributed by atoms with van der Waals surface area (Å²) in [6.45, 7) is 10.3. The molecule has 0 spiro atoms. The zero-order chi connectivity index (χ0) is 17.0. The molecule has 0 aliphatic heterocycles. The van der Waals surface area contributed by atoms with E-state index in [-0.39, 0.29) is 18.1 Å². The van der Waals surface area contributed by atoms with Crippen molar-refractivity contribution in [3.05, 3.63) is 11.4 Å². The van der Waals surface area contributed by atoms with Crippen molar-refractivity contribution >= 4 is 23.5 Å². The van der Waals surface area contributed by atoms with Gasteiger partial charge in [-0.05, 0) is 52.7 Å². The monoisotopic (exact) mass is 338 g/mol. The van der Waals surface area contributed by atoms with Crippen LogP contribution in [0.15, 0.2) is 0 Å². The van der Waals surface area contributed by atoms with E-state index in [4.69, 9.17) is 0 Å². The molecule has 5 nitrogen and oxygen atoms in total.